The third-order valence-corrected chi connectivity index (χ3v) is 7.87. The molecule has 0 aromatic carbocycles. The number of hydrogen-bond donors (Lipinski definition) is 0. The van der Waals surface area contributed by atoms with Gasteiger partial charge in [-0.1, -0.05) is 6.07 Å². The van der Waals surface area contributed by atoms with Crippen molar-refractivity contribution in [2.24, 2.45) is 0 Å². The molecule has 1 aromatic heterocycles. The quantitative estimate of drug-likeness (QED) is 0.776. The fourth-order valence-electron chi connectivity index (χ4n) is 2.72. The van der Waals surface area contributed by atoms with Gasteiger partial charge in [-0.05, 0) is 38.6 Å². The summed E-state index contributed by atoms with van der Waals surface area (Å²) < 4.78 is 24.3. The fraction of sp³-hybridized carbons (Fsp3) is 0.688. The number of nitrogens with zero attached hydrogens (tertiary/aromatic N) is 2. The van der Waals surface area contributed by atoms with Crippen LogP contribution in [0.4, 0.5) is 0 Å². The Balaban J connectivity index is 1.82. The van der Waals surface area contributed by atoms with Gasteiger partial charge in [0, 0.05) is 37.6 Å². The van der Waals surface area contributed by atoms with Gasteiger partial charge in [0.1, 0.15) is 5.25 Å². The van der Waals surface area contributed by atoms with Gasteiger partial charge >= 0.3 is 0 Å². The van der Waals surface area contributed by atoms with E-state index in [9.17, 15) is 13.2 Å². The molecule has 1 unspecified atom stereocenters. The van der Waals surface area contributed by atoms with Crippen LogP contribution < -0.4 is 0 Å². The Hall–Kier alpha value is -0.920. The molecule has 0 spiro atoms. The minimum atomic E-state index is -3.38. The minimum absolute atomic E-state index is 0.253. The number of amides is 1. The van der Waals surface area contributed by atoms with E-state index in [1.54, 1.807) is 30.1 Å². The van der Waals surface area contributed by atoms with Crippen molar-refractivity contribution in [2.45, 2.75) is 37.7 Å². The molecule has 0 radical (unpaired) electrons. The molecule has 1 amide bonds. The predicted octanol–water partition coefficient (Wildman–Crippen LogP) is 1.65. The van der Waals surface area contributed by atoms with Gasteiger partial charge in [0.2, 0.25) is 5.91 Å². The van der Waals surface area contributed by atoms with Crippen LogP contribution in [0.3, 0.4) is 0 Å². The molecule has 7 heteroatoms. The first-order valence-corrected chi connectivity index (χ1v) is 10.6. The van der Waals surface area contributed by atoms with Crippen molar-refractivity contribution in [1.29, 1.82) is 0 Å². The average Bonchev–Trinajstić information content (AvgIpc) is 3.05. The summed E-state index contributed by atoms with van der Waals surface area (Å²) >= 11 is 1.77. The number of carbonyl (C=O) groups excluding carboxylic acids is 1. The molecule has 0 bridgehead atoms. The number of piperazine rings is 1. The van der Waals surface area contributed by atoms with Gasteiger partial charge in [-0.25, -0.2) is 8.42 Å². The lowest BCUT2D eigenvalue weighted by Crippen LogP contribution is -2.53. The molecule has 1 saturated heterocycles. The van der Waals surface area contributed by atoms with E-state index in [1.165, 1.54) is 11.8 Å². The van der Waals surface area contributed by atoms with E-state index < -0.39 is 20.3 Å². The fourth-order valence-corrected chi connectivity index (χ4v) is 4.67. The lowest BCUT2D eigenvalue weighted by atomic mass is 10.2. The summed E-state index contributed by atoms with van der Waals surface area (Å²) in [5, 5.41) is 0.622. The second-order valence-electron chi connectivity index (χ2n) is 6.28. The Labute approximate surface area is 143 Å². The molecular weight excluding hydrogens is 332 g/mol. The topological polar surface area (TPSA) is 57.7 Å². The first kappa shape index (κ1) is 18.4. The number of thiophene rings is 1. The molecule has 1 atom stereocenters. The maximum Gasteiger partial charge on any atom is 0.240 e. The lowest BCUT2D eigenvalue weighted by Gasteiger charge is -2.36. The first-order chi connectivity index (χ1) is 10.8. The highest BCUT2D eigenvalue weighted by atomic mass is 32.2. The summed E-state index contributed by atoms with van der Waals surface area (Å²) in [5.41, 5.74) is 0. The van der Waals surface area contributed by atoms with Gasteiger partial charge in [0.25, 0.3) is 0 Å². The molecule has 130 valence electrons. The molecule has 0 N–H and O–H groups in total. The Morgan fingerprint density at radius 3 is 2.39 bits per heavy atom. The first-order valence-electron chi connectivity index (χ1n) is 8.08. The number of sulfone groups is 1. The van der Waals surface area contributed by atoms with Gasteiger partial charge in [-0.2, -0.15) is 0 Å². The standard InChI is InChI=1S/C16H26N2O3S2/c1-13(2)23(20,21)14(3)16(19)18-10-8-17(9-11-18)7-6-15-5-4-12-22-15/h4-5,12-14H,6-11H2,1-3H3. The van der Waals surface area contributed by atoms with Gasteiger partial charge in [0.05, 0.1) is 5.25 Å². The third-order valence-electron chi connectivity index (χ3n) is 4.44. The molecule has 0 saturated carbocycles. The third kappa shape index (κ3) is 4.55. The van der Waals surface area contributed by atoms with E-state index in [0.717, 1.165) is 26.1 Å². The summed E-state index contributed by atoms with van der Waals surface area (Å²) in [6, 6.07) is 4.20. The van der Waals surface area contributed by atoms with Crippen LogP contribution in [0.25, 0.3) is 0 Å². The van der Waals surface area contributed by atoms with Crippen LogP contribution in [0.2, 0.25) is 0 Å². The Bertz CT molecular complexity index is 603. The summed E-state index contributed by atoms with van der Waals surface area (Å²) in [6.07, 6.45) is 1.03. The zero-order valence-corrected chi connectivity index (χ0v) is 15.7. The highest BCUT2D eigenvalue weighted by Crippen LogP contribution is 2.15. The normalized spacial score (nSPS) is 18.3. The molecule has 2 rings (SSSR count). The lowest BCUT2D eigenvalue weighted by molar-refractivity contribution is -0.132. The molecule has 0 aliphatic carbocycles. The maximum atomic E-state index is 12.4. The van der Waals surface area contributed by atoms with Gasteiger partial charge < -0.3 is 4.90 Å². The zero-order valence-electron chi connectivity index (χ0n) is 14.1. The summed E-state index contributed by atoms with van der Waals surface area (Å²) in [5.74, 6) is -0.253. The smallest absolute Gasteiger partial charge is 0.240 e. The second-order valence-corrected chi connectivity index (χ2v) is 10.1. The van der Waals surface area contributed by atoms with E-state index >= 15 is 0 Å². The van der Waals surface area contributed by atoms with E-state index in [2.05, 4.69) is 22.4 Å². The van der Waals surface area contributed by atoms with E-state index in [4.69, 9.17) is 0 Å². The Kier molecular flexibility index (Phi) is 6.22. The van der Waals surface area contributed by atoms with E-state index in [0.29, 0.717) is 13.1 Å². The highest BCUT2D eigenvalue weighted by molar-refractivity contribution is 7.93. The molecule has 1 fully saturated rings. The van der Waals surface area contributed by atoms with E-state index in [1.807, 2.05) is 0 Å². The van der Waals surface area contributed by atoms with Crippen molar-refractivity contribution in [2.75, 3.05) is 32.7 Å². The summed E-state index contributed by atoms with van der Waals surface area (Å²) in [6.45, 7) is 8.60. The van der Waals surface area contributed by atoms with Gasteiger partial charge in [-0.3, -0.25) is 9.69 Å². The van der Waals surface area contributed by atoms with Crippen molar-refractivity contribution >= 4 is 27.1 Å². The van der Waals surface area contributed by atoms with Crippen LogP contribution in [0.1, 0.15) is 25.6 Å². The van der Waals surface area contributed by atoms with Crippen LogP contribution in [-0.4, -0.2) is 67.3 Å². The van der Waals surface area contributed by atoms with Crippen LogP contribution in [-0.2, 0) is 21.1 Å². The monoisotopic (exact) mass is 358 g/mol. The van der Waals surface area contributed by atoms with Gasteiger partial charge in [-0.15, -0.1) is 11.3 Å². The van der Waals surface area contributed by atoms with Crippen molar-refractivity contribution in [3.63, 3.8) is 0 Å². The molecule has 23 heavy (non-hydrogen) atoms. The summed E-state index contributed by atoms with van der Waals surface area (Å²) in [7, 11) is -3.38. The maximum absolute atomic E-state index is 12.4. The number of hydrogen-bond acceptors (Lipinski definition) is 5. The average molecular weight is 359 g/mol. The number of carbonyl (C=O) groups is 1. The SMILES string of the molecule is CC(C)S(=O)(=O)C(C)C(=O)N1CCN(CCc2cccs2)CC1. The van der Waals surface area contributed by atoms with Crippen molar-refractivity contribution in [1.82, 2.24) is 9.80 Å². The largest absolute Gasteiger partial charge is 0.339 e. The van der Waals surface area contributed by atoms with Crippen molar-refractivity contribution in [3.8, 4) is 0 Å². The zero-order chi connectivity index (χ0) is 17.0. The van der Waals surface area contributed by atoms with Crippen LogP contribution in [0, 0.1) is 0 Å². The molecule has 5 nitrogen and oxygen atoms in total. The minimum Gasteiger partial charge on any atom is -0.339 e. The molecule has 1 aromatic rings. The molecule has 1 aliphatic heterocycles. The summed E-state index contributed by atoms with van der Waals surface area (Å²) in [4.78, 5) is 17.8. The predicted molar refractivity (Wildman–Crippen MR) is 94.6 cm³/mol. The van der Waals surface area contributed by atoms with Crippen LogP contribution in [0.15, 0.2) is 17.5 Å². The van der Waals surface area contributed by atoms with Crippen molar-refractivity contribution < 1.29 is 13.2 Å². The second kappa shape index (κ2) is 7.77. The van der Waals surface area contributed by atoms with Crippen LogP contribution in [0.5, 0.6) is 0 Å². The number of rotatable bonds is 6. The van der Waals surface area contributed by atoms with Crippen LogP contribution >= 0.6 is 11.3 Å². The Morgan fingerprint density at radius 1 is 1.22 bits per heavy atom. The Morgan fingerprint density at radius 2 is 1.87 bits per heavy atom. The molecule has 2 heterocycles. The molecular formula is C16H26N2O3S2. The molecule has 1 aliphatic rings. The van der Waals surface area contributed by atoms with E-state index in [-0.39, 0.29) is 5.91 Å². The van der Waals surface area contributed by atoms with Crippen molar-refractivity contribution in [3.05, 3.63) is 22.4 Å². The van der Waals surface area contributed by atoms with Gasteiger partial charge in [0.15, 0.2) is 9.84 Å². The highest BCUT2D eigenvalue weighted by Gasteiger charge is 2.34.